The zero-order chi connectivity index (χ0) is 22.3. The molecule has 0 fully saturated rings. The largest absolute Gasteiger partial charge is 0.507 e. The summed E-state index contributed by atoms with van der Waals surface area (Å²) >= 11 is 6.33. The van der Waals surface area contributed by atoms with Gasteiger partial charge in [-0.3, -0.25) is 9.89 Å². The van der Waals surface area contributed by atoms with Gasteiger partial charge in [0.25, 0.3) is 5.91 Å². The standard InChI is InChI=1S/C24H26ClN3O3/c1-13(2)15-5-7-16(8-6-15)23-20-21(17-12-18(25)14(3)11-19(17)30)26-27-22(20)24(31)28(23)9-4-10-29/h5-8,11-13,23,29-30H,4,9-10H2,1-3H3,(H,26,27)/t23-/m1/s1. The van der Waals surface area contributed by atoms with Crippen LogP contribution >= 0.6 is 11.6 Å². The highest BCUT2D eigenvalue weighted by molar-refractivity contribution is 6.31. The summed E-state index contributed by atoms with van der Waals surface area (Å²) < 4.78 is 0. The summed E-state index contributed by atoms with van der Waals surface area (Å²) in [6.07, 6.45) is 0.473. The number of aliphatic hydroxyl groups excluding tert-OH is 1. The van der Waals surface area contributed by atoms with E-state index in [0.717, 1.165) is 16.7 Å². The SMILES string of the molecule is Cc1cc(O)c(-c2n[nH]c3c2[C@@H](c2ccc(C(C)C)cc2)N(CCCO)C3=O)cc1Cl. The molecular weight excluding hydrogens is 414 g/mol. The number of aromatic hydroxyl groups is 1. The first-order valence-corrected chi connectivity index (χ1v) is 10.8. The van der Waals surface area contributed by atoms with Crippen LogP contribution in [-0.2, 0) is 0 Å². The maximum absolute atomic E-state index is 13.2. The van der Waals surface area contributed by atoms with Crippen molar-refractivity contribution in [1.29, 1.82) is 0 Å². The Morgan fingerprint density at radius 3 is 2.58 bits per heavy atom. The highest BCUT2D eigenvalue weighted by Crippen LogP contribution is 2.45. The van der Waals surface area contributed by atoms with Crippen LogP contribution in [0.4, 0.5) is 0 Å². The average molecular weight is 440 g/mol. The molecule has 3 aromatic rings. The van der Waals surface area contributed by atoms with Crippen LogP contribution < -0.4 is 0 Å². The molecule has 1 atom stereocenters. The lowest BCUT2D eigenvalue weighted by Gasteiger charge is -2.26. The molecule has 1 aliphatic rings. The average Bonchev–Trinajstić information content (AvgIpc) is 3.28. The number of aliphatic hydroxyl groups is 1. The van der Waals surface area contributed by atoms with Crippen molar-refractivity contribution in [2.24, 2.45) is 0 Å². The van der Waals surface area contributed by atoms with Crippen molar-refractivity contribution in [3.8, 4) is 17.0 Å². The van der Waals surface area contributed by atoms with Gasteiger partial charge in [0.1, 0.15) is 17.1 Å². The number of nitrogens with zero attached hydrogens (tertiary/aromatic N) is 2. The Balaban J connectivity index is 1.87. The minimum Gasteiger partial charge on any atom is -0.507 e. The fraction of sp³-hybridized carbons (Fsp3) is 0.333. The zero-order valence-corrected chi connectivity index (χ0v) is 18.6. The van der Waals surface area contributed by atoms with E-state index in [1.165, 1.54) is 5.56 Å². The summed E-state index contributed by atoms with van der Waals surface area (Å²) in [6, 6.07) is 11.1. The van der Waals surface area contributed by atoms with Crippen LogP contribution in [0.3, 0.4) is 0 Å². The molecule has 0 spiro atoms. The van der Waals surface area contributed by atoms with Gasteiger partial charge >= 0.3 is 0 Å². The van der Waals surface area contributed by atoms with E-state index in [2.05, 4.69) is 36.2 Å². The van der Waals surface area contributed by atoms with E-state index in [0.29, 0.717) is 40.9 Å². The lowest BCUT2D eigenvalue weighted by molar-refractivity contribution is 0.0732. The number of hydrogen-bond donors (Lipinski definition) is 3. The van der Waals surface area contributed by atoms with Crippen molar-refractivity contribution in [3.05, 3.63) is 69.4 Å². The Hall–Kier alpha value is -2.83. The number of aromatic amines is 1. The zero-order valence-electron chi connectivity index (χ0n) is 17.8. The highest BCUT2D eigenvalue weighted by atomic mass is 35.5. The van der Waals surface area contributed by atoms with E-state index < -0.39 is 0 Å². The van der Waals surface area contributed by atoms with Crippen molar-refractivity contribution in [1.82, 2.24) is 15.1 Å². The lowest BCUT2D eigenvalue weighted by atomic mass is 9.93. The van der Waals surface area contributed by atoms with Gasteiger partial charge in [-0.05, 0) is 48.1 Å². The van der Waals surface area contributed by atoms with Gasteiger partial charge in [0.2, 0.25) is 0 Å². The number of halogens is 1. The molecule has 0 aliphatic carbocycles. The number of rotatable bonds is 6. The number of phenols is 1. The molecule has 1 aliphatic heterocycles. The predicted octanol–water partition coefficient (Wildman–Crippen LogP) is 4.80. The third kappa shape index (κ3) is 3.70. The number of hydrogen-bond acceptors (Lipinski definition) is 4. The number of aromatic nitrogens is 2. The van der Waals surface area contributed by atoms with Crippen LogP contribution in [0.15, 0.2) is 36.4 Å². The molecule has 0 radical (unpaired) electrons. The van der Waals surface area contributed by atoms with Crippen LogP contribution in [0.1, 0.15) is 65.0 Å². The summed E-state index contributed by atoms with van der Waals surface area (Å²) in [5, 5.41) is 27.7. The molecule has 3 N–H and O–H groups in total. The second kappa shape index (κ2) is 8.36. The number of H-pyrrole nitrogens is 1. The first-order chi connectivity index (χ1) is 14.8. The van der Waals surface area contributed by atoms with E-state index in [-0.39, 0.29) is 24.3 Å². The molecule has 31 heavy (non-hydrogen) atoms. The van der Waals surface area contributed by atoms with E-state index in [4.69, 9.17) is 11.6 Å². The topological polar surface area (TPSA) is 89.5 Å². The highest BCUT2D eigenvalue weighted by Gasteiger charge is 2.42. The van der Waals surface area contributed by atoms with Crippen molar-refractivity contribution >= 4 is 17.5 Å². The minimum atomic E-state index is -0.372. The fourth-order valence-electron chi connectivity index (χ4n) is 4.14. The van der Waals surface area contributed by atoms with E-state index in [1.807, 2.05) is 19.1 Å². The fourth-order valence-corrected chi connectivity index (χ4v) is 4.30. The van der Waals surface area contributed by atoms with Gasteiger partial charge in [0.05, 0.1) is 6.04 Å². The van der Waals surface area contributed by atoms with Crippen molar-refractivity contribution in [3.63, 3.8) is 0 Å². The number of carbonyl (C=O) groups excluding carboxylic acids is 1. The van der Waals surface area contributed by atoms with Gasteiger partial charge in [-0.2, -0.15) is 5.10 Å². The molecule has 4 rings (SSSR count). The molecular formula is C24H26ClN3O3. The second-order valence-electron chi connectivity index (χ2n) is 8.28. The summed E-state index contributed by atoms with van der Waals surface area (Å²) in [5.74, 6) is 0.292. The van der Waals surface area contributed by atoms with Crippen LogP contribution in [0, 0.1) is 6.92 Å². The van der Waals surface area contributed by atoms with Gasteiger partial charge in [-0.1, -0.05) is 49.7 Å². The molecule has 7 heteroatoms. The van der Waals surface area contributed by atoms with Crippen LogP contribution in [0.25, 0.3) is 11.3 Å². The summed E-state index contributed by atoms with van der Waals surface area (Å²) in [7, 11) is 0. The number of nitrogens with one attached hydrogen (secondary N) is 1. The maximum atomic E-state index is 13.2. The van der Waals surface area contributed by atoms with Crippen molar-refractivity contribution in [2.75, 3.05) is 13.2 Å². The number of carbonyl (C=O) groups is 1. The summed E-state index contributed by atoms with van der Waals surface area (Å²) in [4.78, 5) is 14.9. The molecule has 1 amide bonds. The maximum Gasteiger partial charge on any atom is 0.273 e. The molecule has 0 saturated heterocycles. The van der Waals surface area contributed by atoms with Gasteiger partial charge in [-0.25, -0.2) is 0 Å². The molecule has 162 valence electrons. The van der Waals surface area contributed by atoms with Crippen LogP contribution in [0.5, 0.6) is 5.75 Å². The number of phenolic OH excluding ortho intramolecular Hbond substituents is 1. The Labute approximate surface area is 186 Å². The monoisotopic (exact) mass is 439 g/mol. The summed E-state index contributed by atoms with van der Waals surface area (Å²) in [6.45, 7) is 6.50. The number of benzene rings is 2. The predicted molar refractivity (Wildman–Crippen MR) is 121 cm³/mol. The van der Waals surface area contributed by atoms with Crippen LogP contribution in [-0.4, -0.2) is 44.4 Å². The van der Waals surface area contributed by atoms with Gasteiger partial charge in [-0.15, -0.1) is 0 Å². The minimum absolute atomic E-state index is 0.00378. The molecule has 6 nitrogen and oxygen atoms in total. The number of amides is 1. The third-order valence-electron chi connectivity index (χ3n) is 5.87. The van der Waals surface area contributed by atoms with Crippen molar-refractivity contribution < 1.29 is 15.0 Å². The van der Waals surface area contributed by atoms with Gasteiger partial charge in [0.15, 0.2) is 0 Å². The first-order valence-electron chi connectivity index (χ1n) is 10.4. The third-order valence-corrected chi connectivity index (χ3v) is 6.28. The van der Waals surface area contributed by atoms with E-state index in [9.17, 15) is 15.0 Å². The quantitative estimate of drug-likeness (QED) is 0.514. The van der Waals surface area contributed by atoms with Crippen LogP contribution in [0.2, 0.25) is 5.02 Å². The second-order valence-corrected chi connectivity index (χ2v) is 8.69. The molecule has 2 aromatic carbocycles. The Bertz CT molecular complexity index is 1120. The number of fused-ring (bicyclic) bond motifs is 1. The number of aryl methyl sites for hydroxylation is 1. The smallest absolute Gasteiger partial charge is 0.273 e. The molecule has 0 bridgehead atoms. The Morgan fingerprint density at radius 1 is 1.23 bits per heavy atom. The Kier molecular flexibility index (Phi) is 5.77. The molecule has 0 saturated carbocycles. The molecule has 1 aromatic heterocycles. The Morgan fingerprint density at radius 2 is 1.94 bits per heavy atom. The normalized spacial score (nSPS) is 15.7. The van der Waals surface area contributed by atoms with E-state index in [1.54, 1.807) is 17.0 Å². The summed E-state index contributed by atoms with van der Waals surface area (Å²) in [5.41, 5.74) is 5.04. The first kappa shape index (κ1) is 21.4. The van der Waals surface area contributed by atoms with Gasteiger partial charge in [0, 0.05) is 29.3 Å². The van der Waals surface area contributed by atoms with E-state index >= 15 is 0 Å². The molecule has 0 unspecified atom stereocenters. The van der Waals surface area contributed by atoms with Gasteiger partial charge < -0.3 is 15.1 Å². The van der Waals surface area contributed by atoms with Crippen molar-refractivity contribution in [2.45, 2.75) is 39.2 Å². The lowest BCUT2D eigenvalue weighted by Crippen LogP contribution is -2.31. The molecule has 2 heterocycles.